The van der Waals surface area contributed by atoms with E-state index in [9.17, 15) is 18.0 Å². The average Bonchev–Trinajstić information content (AvgIpc) is 2.75. The topological polar surface area (TPSA) is 66.0 Å². The largest absolute Gasteiger partial charge is 0.481 e. The van der Waals surface area contributed by atoms with Crippen LogP contribution in [0.5, 0.6) is 0 Å². The highest BCUT2D eigenvalue weighted by Gasteiger charge is 2.34. The van der Waals surface area contributed by atoms with E-state index in [0.717, 1.165) is 6.07 Å². The summed E-state index contributed by atoms with van der Waals surface area (Å²) in [5.41, 5.74) is -0.644. The van der Waals surface area contributed by atoms with E-state index >= 15 is 0 Å². The third-order valence-corrected chi connectivity index (χ3v) is 2.56. The van der Waals surface area contributed by atoms with Gasteiger partial charge in [-0.25, -0.2) is 0 Å². The molecule has 2 aromatic rings. The van der Waals surface area contributed by atoms with Gasteiger partial charge in [0.15, 0.2) is 0 Å². The second-order valence-electron chi connectivity index (χ2n) is 3.88. The summed E-state index contributed by atoms with van der Waals surface area (Å²) >= 11 is 0. The number of hydrogen-bond acceptors (Lipinski definition) is 2. The van der Waals surface area contributed by atoms with E-state index in [1.807, 2.05) is 0 Å². The van der Waals surface area contributed by atoms with Gasteiger partial charge in [0.05, 0.1) is 23.9 Å². The van der Waals surface area contributed by atoms with E-state index in [0.29, 0.717) is 0 Å². The number of aromatic amines is 1. The van der Waals surface area contributed by atoms with E-state index in [4.69, 9.17) is 5.11 Å². The fourth-order valence-corrected chi connectivity index (χ4v) is 1.79. The molecule has 0 spiro atoms. The Kier molecular flexibility index (Phi) is 3.28. The third kappa shape index (κ3) is 2.75. The molecule has 0 unspecified atom stereocenters. The quantitative estimate of drug-likeness (QED) is 0.901. The second-order valence-corrected chi connectivity index (χ2v) is 3.88. The van der Waals surface area contributed by atoms with Gasteiger partial charge in [0.2, 0.25) is 0 Å². The Morgan fingerprint density at radius 1 is 1.32 bits per heavy atom. The van der Waals surface area contributed by atoms with Crippen LogP contribution in [0.1, 0.15) is 11.1 Å². The smallest absolute Gasteiger partial charge is 0.417 e. The number of carboxylic acids is 1. The summed E-state index contributed by atoms with van der Waals surface area (Å²) in [5.74, 6) is -1.13. The monoisotopic (exact) mass is 270 g/mol. The van der Waals surface area contributed by atoms with Gasteiger partial charge in [-0.05, 0) is 6.07 Å². The van der Waals surface area contributed by atoms with Crippen LogP contribution < -0.4 is 0 Å². The molecule has 1 heterocycles. The van der Waals surface area contributed by atoms with Crippen molar-refractivity contribution in [3.05, 3.63) is 41.6 Å². The first kappa shape index (κ1) is 13.1. The Labute approximate surface area is 105 Å². The first-order chi connectivity index (χ1) is 8.89. The van der Waals surface area contributed by atoms with Gasteiger partial charge >= 0.3 is 12.1 Å². The molecule has 0 amide bonds. The number of halogens is 3. The van der Waals surface area contributed by atoms with Crippen molar-refractivity contribution in [2.75, 3.05) is 0 Å². The minimum absolute atomic E-state index is 0.0790. The lowest BCUT2D eigenvalue weighted by Gasteiger charge is -2.12. The van der Waals surface area contributed by atoms with Crippen molar-refractivity contribution in [3.63, 3.8) is 0 Å². The fourth-order valence-electron chi connectivity index (χ4n) is 1.79. The van der Waals surface area contributed by atoms with Crippen LogP contribution in [-0.2, 0) is 17.4 Å². The molecule has 0 fully saturated rings. The highest BCUT2D eigenvalue weighted by Crippen LogP contribution is 2.37. The second kappa shape index (κ2) is 4.75. The predicted molar refractivity (Wildman–Crippen MR) is 60.4 cm³/mol. The molecule has 7 heteroatoms. The summed E-state index contributed by atoms with van der Waals surface area (Å²) in [4.78, 5) is 10.7. The maximum Gasteiger partial charge on any atom is 0.417 e. The lowest BCUT2D eigenvalue weighted by atomic mass is 10.0. The van der Waals surface area contributed by atoms with Crippen LogP contribution in [-0.4, -0.2) is 21.3 Å². The number of hydrogen-bond donors (Lipinski definition) is 2. The van der Waals surface area contributed by atoms with Crippen molar-refractivity contribution in [1.29, 1.82) is 0 Å². The molecule has 2 rings (SSSR count). The summed E-state index contributed by atoms with van der Waals surface area (Å²) in [5, 5.41) is 14.8. The maximum absolute atomic E-state index is 12.9. The number of aliphatic carboxylic acids is 1. The van der Waals surface area contributed by atoms with E-state index in [2.05, 4.69) is 10.2 Å². The molecule has 0 aliphatic carbocycles. The summed E-state index contributed by atoms with van der Waals surface area (Å²) in [6.45, 7) is 0. The molecule has 0 aliphatic rings. The van der Waals surface area contributed by atoms with Crippen molar-refractivity contribution >= 4 is 5.97 Å². The molecule has 1 aromatic carbocycles. The van der Waals surface area contributed by atoms with Gasteiger partial charge in [-0.1, -0.05) is 18.2 Å². The average molecular weight is 270 g/mol. The van der Waals surface area contributed by atoms with Crippen LogP contribution in [0.25, 0.3) is 11.3 Å². The van der Waals surface area contributed by atoms with E-state index < -0.39 is 24.1 Å². The van der Waals surface area contributed by atoms with E-state index in [-0.39, 0.29) is 16.8 Å². The van der Waals surface area contributed by atoms with Crippen LogP contribution in [0.2, 0.25) is 0 Å². The van der Waals surface area contributed by atoms with Crippen molar-refractivity contribution < 1.29 is 23.1 Å². The molecule has 2 N–H and O–H groups in total. The van der Waals surface area contributed by atoms with E-state index in [1.165, 1.54) is 24.4 Å². The lowest BCUT2D eigenvalue weighted by Crippen LogP contribution is -2.08. The molecule has 0 saturated heterocycles. The van der Waals surface area contributed by atoms with Crippen molar-refractivity contribution in [1.82, 2.24) is 10.2 Å². The third-order valence-electron chi connectivity index (χ3n) is 2.56. The number of alkyl halides is 3. The van der Waals surface area contributed by atoms with Gasteiger partial charge in [0.1, 0.15) is 0 Å². The Morgan fingerprint density at radius 3 is 2.63 bits per heavy atom. The number of nitrogens with one attached hydrogen (secondary N) is 1. The van der Waals surface area contributed by atoms with Gasteiger partial charge in [-0.15, -0.1) is 0 Å². The lowest BCUT2D eigenvalue weighted by molar-refractivity contribution is -0.137. The van der Waals surface area contributed by atoms with Crippen molar-refractivity contribution in [3.8, 4) is 11.3 Å². The van der Waals surface area contributed by atoms with Crippen molar-refractivity contribution in [2.45, 2.75) is 12.6 Å². The normalized spacial score (nSPS) is 11.5. The Hall–Kier alpha value is -2.31. The zero-order valence-electron chi connectivity index (χ0n) is 9.53. The Balaban J connectivity index is 2.54. The number of H-pyrrole nitrogens is 1. The molecular weight excluding hydrogens is 261 g/mol. The molecule has 0 radical (unpaired) electrons. The first-order valence-corrected chi connectivity index (χ1v) is 5.30. The SMILES string of the molecule is O=C(O)Cc1cn[nH]c1-c1ccccc1C(F)(F)F. The van der Waals surface area contributed by atoms with Gasteiger partial charge < -0.3 is 5.11 Å². The summed E-state index contributed by atoms with van der Waals surface area (Å²) in [6.07, 6.45) is -3.68. The Morgan fingerprint density at radius 2 is 2.00 bits per heavy atom. The van der Waals surface area contributed by atoms with Crippen LogP contribution in [0.15, 0.2) is 30.5 Å². The van der Waals surface area contributed by atoms with Crippen LogP contribution in [0, 0.1) is 0 Å². The summed E-state index contributed by atoms with van der Waals surface area (Å²) in [7, 11) is 0. The van der Waals surface area contributed by atoms with Gasteiger partial charge in [-0.3, -0.25) is 9.89 Å². The number of aromatic nitrogens is 2. The number of benzene rings is 1. The van der Waals surface area contributed by atoms with Gasteiger partial charge in [-0.2, -0.15) is 18.3 Å². The predicted octanol–water partition coefficient (Wildman–Crippen LogP) is 2.72. The molecule has 0 aliphatic heterocycles. The molecular formula is C12H9F3N2O2. The first-order valence-electron chi connectivity index (χ1n) is 5.30. The highest BCUT2D eigenvalue weighted by molar-refractivity contribution is 5.76. The highest BCUT2D eigenvalue weighted by atomic mass is 19.4. The zero-order chi connectivity index (χ0) is 14.0. The number of carboxylic acid groups (broad SMARTS) is 1. The maximum atomic E-state index is 12.9. The minimum atomic E-state index is -4.51. The fraction of sp³-hybridized carbons (Fsp3) is 0.167. The minimum Gasteiger partial charge on any atom is -0.481 e. The molecule has 0 bridgehead atoms. The van der Waals surface area contributed by atoms with Crippen LogP contribution in [0.4, 0.5) is 13.2 Å². The Bertz CT molecular complexity index is 605. The van der Waals surface area contributed by atoms with Crippen molar-refractivity contribution in [2.24, 2.45) is 0 Å². The van der Waals surface area contributed by atoms with Crippen LogP contribution in [0.3, 0.4) is 0 Å². The van der Waals surface area contributed by atoms with Crippen LogP contribution >= 0.6 is 0 Å². The summed E-state index contributed by atoms with van der Waals surface area (Å²) in [6, 6.07) is 4.96. The van der Waals surface area contributed by atoms with Gasteiger partial charge in [0, 0.05) is 11.1 Å². The van der Waals surface area contributed by atoms with Gasteiger partial charge in [0.25, 0.3) is 0 Å². The molecule has 4 nitrogen and oxygen atoms in total. The molecule has 1 aromatic heterocycles. The molecule has 0 saturated carbocycles. The molecule has 19 heavy (non-hydrogen) atoms. The number of rotatable bonds is 3. The zero-order valence-corrected chi connectivity index (χ0v) is 9.53. The standard InChI is InChI=1S/C12H9F3N2O2/c13-12(14,15)9-4-2-1-3-8(9)11-7(5-10(18)19)6-16-17-11/h1-4,6H,5H2,(H,16,17)(H,18,19). The molecule has 0 atom stereocenters. The number of carbonyl (C=O) groups is 1. The summed E-state index contributed by atoms with van der Waals surface area (Å²) < 4.78 is 38.7. The number of nitrogens with zero attached hydrogens (tertiary/aromatic N) is 1. The van der Waals surface area contributed by atoms with E-state index in [1.54, 1.807) is 0 Å². The molecule has 100 valence electrons.